The van der Waals surface area contributed by atoms with E-state index in [0.717, 1.165) is 5.56 Å². The Balaban J connectivity index is 1.46. The van der Waals surface area contributed by atoms with E-state index in [1.807, 2.05) is 37.3 Å². The molecule has 1 atom stereocenters. The number of hydrogen-bond acceptors (Lipinski definition) is 5. The minimum absolute atomic E-state index is 0.0597. The minimum atomic E-state index is -0.386. The largest absolute Gasteiger partial charge is 0.269 e. The van der Waals surface area contributed by atoms with Crippen molar-refractivity contribution in [3.63, 3.8) is 0 Å². The number of benzene rings is 3. The maximum Gasteiger partial charge on any atom is 0.262 e. The predicted octanol–water partition coefficient (Wildman–Crippen LogP) is 3.56. The third-order valence-corrected chi connectivity index (χ3v) is 6.23. The van der Waals surface area contributed by atoms with Crippen molar-refractivity contribution >= 4 is 23.6 Å². The van der Waals surface area contributed by atoms with Gasteiger partial charge in [-0.1, -0.05) is 54.6 Å². The minimum Gasteiger partial charge on any atom is -0.269 e. The van der Waals surface area contributed by atoms with Gasteiger partial charge in [-0.25, -0.2) is 0 Å². The molecule has 7 nitrogen and oxygen atoms in total. The molecule has 0 radical (unpaired) electrons. The summed E-state index contributed by atoms with van der Waals surface area (Å²) in [7, 11) is 0. The Morgan fingerprint density at radius 3 is 1.27 bits per heavy atom. The second kappa shape index (κ2) is 8.11. The molecule has 33 heavy (non-hydrogen) atoms. The van der Waals surface area contributed by atoms with Crippen LogP contribution in [0.25, 0.3) is 0 Å². The molecule has 2 aliphatic rings. The molecule has 0 unspecified atom stereocenters. The molecule has 0 aliphatic carbocycles. The van der Waals surface area contributed by atoms with Gasteiger partial charge in [-0.3, -0.25) is 33.9 Å². The monoisotopic (exact) mass is 439 g/mol. The van der Waals surface area contributed by atoms with Crippen molar-refractivity contribution in [2.45, 2.75) is 13.0 Å². The SMILES string of the molecule is C[C@H](c1ccccc1)N(CN1C(=O)c2ccccc2C1=O)CN1C(=O)c2ccccc2C1=O. The average molecular weight is 439 g/mol. The van der Waals surface area contributed by atoms with E-state index in [-0.39, 0.29) is 43.0 Å². The van der Waals surface area contributed by atoms with Crippen molar-refractivity contribution < 1.29 is 19.2 Å². The summed E-state index contributed by atoms with van der Waals surface area (Å²) in [6, 6.07) is 22.7. The molecule has 5 rings (SSSR count). The fourth-order valence-electron chi connectivity index (χ4n) is 4.33. The molecule has 2 heterocycles. The fraction of sp³-hybridized carbons (Fsp3) is 0.154. The Kier molecular flexibility index (Phi) is 5.11. The lowest BCUT2D eigenvalue weighted by atomic mass is 10.1. The topological polar surface area (TPSA) is 78.0 Å². The van der Waals surface area contributed by atoms with Gasteiger partial charge in [-0.15, -0.1) is 0 Å². The molecule has 0 N–H and O–H groups in total. The predicted molar refractivity (Wildman–Crippen MR) is 120 cm³/mol. The number of rotatable bonds is 6. The van der Waals surface area contributed by atoms with Crippen molar-refractivity contribution in [3.05, 3.63) is 107 Å². The summed E-state index contributed by atoms with van der Waals surface area (Å²) >= 11 is 0. The van der Waals surface area contributed by atoms with E-state index >= 15 is 0 Å². The molecule has 0 saturated carbocycles. The van der Waals surface area contributed by atoms with Crippen molar-refractivity contribution in [2.24, 2.45) is 0 Å². The molecular formula is C26H21N3O4. The molecule has 0 spiro atoms. The van der Waals surface area contributed by atoms with Crippen LogP contribution >= 0.6 is 0 Å². The van der Waals surface area contributed by atoms with Gasteiger partial charge in [0.25, 0.3) is 23.6 Å². The lowest BCUT2D eigenvalue weighted by Crippen LogP contribution is -2.48. The standard InChI is InChI=1S/C26H21N3O4/c1-17(18-9-3-2-4-10-18)27(15-28-23(30)19-11-5-6-12-20(19)24(28)31)16-29-25(32)21-13-7-8-14-22(21)26(29)33/h2-14,17H,15-16H2,1H3/t17-/m1/s1. The summed E-state index contributed by atoms with van der Waals surface area (Å²) in [5.74, 6) is -1.54. The van der Waals surface area contributed by atoms with Gasteiger partial charge in [-0.2, -0.15) is 0 Å². The van der Waals surface area contributed by atoms with Crippen LogP contribution in [0.3, 0.4) is 0 Å². The van der Waals surface area contributed by atoms with Crippen LogP contribution < -0.4 is 0 Å². The summed E-state index contributed by atoms with van der Waals surface area (Å²) in [5, 5.41) is 0. The van der Waals surface area contributed by atoms with E-state index in [1.165, 1.54) is 9.80 Å². The first-order valence-electron chi connectivity index (χ1n) is 10.7. The van der Waals surface area contributed by atoms with Gasteiger partial charge < -0.3 is 0 Å². The summed E-state index contributed by atoms with van der Waals surface area (Å²) in [5.41, 5.74) is 2.36. The number of amides is 4. The van der Waals surface area contributed by atoms with Crippen LogP contribution in [0.1, 0.15) is 60.0 Å². The summed E-state index contributed by atoms with van der Waals surface area (Å²) in [6.45, 7) is 1.80. The number of nitrogens with zero attached hydrogens (tertiary/aromatic N) is 3. The van der Waals surface area contributed by atoms with Crippen molar-refractivity contribution in [2.75, 3.05) is 13.3 Å². The highest BCUT2D eigenvalue weighted by Crippen LogP contribution is 2.29. The van der Waals surface area contributed by atoms with Crippen LogP contribution in [0.2, 0.25) is 0 Å². The van der Waals surface area contributed by atoms with Crippen LogP contribution in [0.15, 0.2) is 78.9 Å². The van der Waals surface area contributed by atoms with E-state index in [1.54, 1.807) is 53.4 Å². The van der Waals surface area contributed by atoms with E-state index in [2.05, 4.69) is 0 Å². The van der Waals surface area contributed by atoms with E-state index < -0.39 is 0 Å². The van der Waals surface area contributed by atoms with Gasteiger partial charge in [-0.05, 0) is 36.8 Å². The Morgan fingerprint density at radius 2 is 0.909 bits per heavy atom. The summed E-state index contributed by atoms with van der Waals surface area (Å²) < 4.78 is 0. The summed E-state index contributed by atoms with van der Waals surface area (Å²) in [4.78, 5) is 56.0. The van der Waals surface area contributed by atoms with E-state index in [4.69, 9.17) is 0 Å². The van der Waals surface area contributed by atoms with Gasteiger partial charge in [0.2, 0.25) is 0 Å². The Labute approximate surface area is 190 Å². The number of carbonyl (C=O) groups excluding carboxylic acids is 4. The smallest absolute Gasteiger partial charge is 0.262 e. The fourth-order valence-corrected chi connectivity index (χ4v) is 4.33. The van der Waals surface area contributed by atoms with Crippen molar-refractivity contribution in [1.29, 1.82) is 0 Å². The zero-order chi connectivity index (χ0) is 23.1. The quantitative estimate of drug-likeness (QED) is 0.549. The van der Waals surface area contributed by atoms with Crippen molar-refractivity contribution in [3.8, 4) is 0 Å². The summed E-state index contributed by atoms with van der Waals surface area (Å²) in [6.07, 6.45) is 0. The van der Waals surface area contributed by atoms with Gasteiger partial charge >= 0.3 is 0 Å². The van der Waals surface area contributed by atoms with Gasteiger partial charge in [0, 0.05) is 6.04 Å². The van der Waals surface area contributed by atoms with Crippen LogP contribution in [0, 0.1) is 0 Å². The first kappa shape index (κ1) is 20.8. The number of carbonyl (C=O) groups is 4. The number of hydrogen-bond donors (Lipinski definition) is 0. The highest BCUT2D eigenvalue weighted by molar-refractivity contribution is 6.22. The Hall–Kier alpha value is -4.10. The highest BCUT2D eigenvalue weighted by Gasteiger charge is 2.40. The molecule has 164 valence electrons. The third kappa shape index (κ3) is 3.43. The van der Waals surface area contributed by atoms with Crippen LogP contribution in [0.4, 0.5) is 0 Å². The molecule has 0 fully saturated rings. The van der Waals surface area contributed by atoms with Crippen LogP contribution in [0.5, 0.6) is 0 Å². The molecule has 0 saturated heterocycles. The molecule has 2 aliphatic heterocycles. The first-order chi connectivity index (χ1) is 16.0. The Morgan fingerprint density at radius 1 is 0.576 bits per heavy atom. The van der Waals surface area contributed by atoms with Crippen LogP contribution in [-0.2, 0) is 0 Å². The van der Waals surface area contributed by atoms with Gasteiger partial charge in [0.1, 0.15) is 0 Å². The molecule has 4 amide bonds. The normalized spacial score (nSPS) is 15.9. The second-order valence-electron chi connectivity index (χ2n) is 8.13. The van der Waals surface area contributed by atoms with Gasteiger partial charge in [0.15, 0.2) is 0 Å². The molecular weight excluding hydrogens is 418 g/mol. The maximum atomic E-state index is 13.0. The molecule has 7 heteroatoms. The zero-order valence-corrected chi connectivity index (χ0v) is 18.0. The highest BCUT2D eigenvalue weighted by atomic mass is 16.2. The maximum absolute atomic E-state index is 13.0. The molecule has 0 aromatic heterocycles. The third-order valence-electron chi connectivity index (χ3n) is 6.23. The van der Waals surface area contributed by atoms with Crippen molar-refractivity contribution in [1.82, 2.24) is 14.7 Å². The second-order valence-corrected chi connectivity index (χ2v) is 8.13. The number of imide groups is 2. The lowest BCUT2D eigenvalue weighted by Gasteiger charge is -2.34. The molecule has 3 aromatic carbocycles. The van der Waals surface area contributed by atoms with Gasteiger partial charge in [0.05, 0.1) is 35.6 Å². The molecule has 3 aromatic rings. The van der Waals surface area contributed by atoms with E-state index in [0.29, 0.717) is 22.3 Å². The van der Waals surface area contributed by atoms with Crippen LogP contribution in [-0.4, -0.2) is 51.7 Å². The van der Waals surface area contributed by atoms with E-state index in [9.17, 15) is 19.2 Å². The zero-order valence-electron chi connectivity index (χ0n) is 18.0. The molecule has 0 bridgehead atoms. The Bertz CT molecular complexity index is 1140. The number of fused-ring (bicyclic) bond motifs is 2. The average Bonchev–Trinajstić information content (AvgIpc) is 3.24. The lowest BCUT2D eigenvalue weighted by molar-refractivity contribution is 0.0309. The first-order valence-corrected chi connectivity index (χ1v) is 10.7.